The van der Waals surface area contributed by atoms with E-state index in [0.29, 0.717) is 5.56 Å². The van der Waals surface area contributed by atoms with Gasteiger partial charge in [-0.2, -0.15) is 0 Å². The quantitative estimate of drug-likeness (QED) is 0.644. The minimum Gasteiger partial charge on any atom is -0.298 e. The molecule has 3 aromatic rings. The Labute approximate surface area is 109 Å². The van der Waals surface area contributed by atoms with Gasteiger partial charge in [-0.3, -0.25) is 4.79 Å². The fraction of sp³-hybridized carbons (Fsp3) is 0.0667. The van der Waals surface area contributed by atoms with Crippen LogP contribution >= 0.6 is 11.3 Å². The van der Waals surface area contributed by atoms with Gasteiger partial charge >= 0.3 is 0 Å². The van der Waals surface area contributed by atoms with Crippen molar-refractivity contribution >= 4 is 28.5 Å². The summed E-state index contributed by atoms with van der Waals surface area (Å²) in [5.74, 6) is 0. The van der Waals surface area contributed by atoms with Gasteiger partial charge in [0.15, 0.2) is 6.29 Å². The topological polar surface area (TPSA) is 30.0 Å². The van der Waals surface area contributed by atoms with E-state index in [2.05, 4.69) is 4.98 Å². The van der Waals surface area contributed by atoms with Crippen molar-refractivity contribution in [1.82, 2.24) is 4.98 Å². The van der Waals surface area contributed by atoms with Crippen LogP contribution in [0.25, 0.3) is 21.5 Å². The van der Waals surface area contributed by atoms with Gasteiger partial charge in [0.2, 0.25) is 0 Å². The molecule has 3 rings (SSSR count). The first kappa shape index (κ1) is 11.1. The molecule has 0 saturated carbocycles. The Bertz CT molecular complexity index is 717. The van der Waals surface area contributed by atoms with Crippen LogP contribution < -0.4 is 0 Å². The van der Waals surface area contributed by atoms with Crippen LogP contribution in [0.2, 0.25) is 0 Å². The van der Waals surface area contributed by atoms with Gasteiger partial charge in [0.05, 0.1) is 16.1 Å². The largest absolute Gasteiger partial charge is 0.298 e. The molecule has 1 aromatic carbocycles. The number of rotatable bonds is 2. The molecule has 0 saturated heterocycles. The predicted octanol–water partition coefficient (Wildman–Crippen LogP) is 4.08. The monoisotopic (exact) mass is 253 g/mol. The summed E-state index contributed by atoms with van der Waals surface area (Å²) in [6.45, 7) is 2.04. The third-order valence-corrected chi connectivity index (χ3v) is 3.84. The van der Waals surface area contributed by atoms with E-state index >= 15 is 0 Å². The number of carbonyl (C=O) groups excluding carboxylic acids is 1. The zero-order chi connectivity index (χ0) is 12.5. The van der Waals surface area contributed by atoms with Gasteiger partial charge in [0, 0.05) is 10.9 Å². The molecule has 0 bridgehead atoms. The minimum atomic E-state index is 0.649. The molecule has 0 atom stereocenters. The van der Waals surface area contributed by atoms with Crippen molar-refractivity contribution in [2.75, 3.05) is 0 Å². The minimum absolute atomic E-state index is 0.649. The average molecular weight is 253 g/mol. The maximum absolute atomic E-state index is 11.2. The zero-order valence-electron chi connectivity index (χ0n) is 9.88. The molecular weight excluding hydrogens is 242 g/mol. The summed E-state index contributed by atoms with van der Waals surface area (Å²) >= 11 is 1.60. The molecule has 0 amide bonds. The number of fused-ring (bicyclic) bond motifs is 1. The standard InChI is InChI=1S/C15H11NOS/c1-10-4-2-5-11-8-12(9-17)15(16-14(10)11)13-6-3-7-18-13/h2-9H,1H3. The number of aryl methyl sites for hydroxylation is 1. The predicted molar refractivity (Wildman–Crippen MR) is 75.2 cm³/mol. The van der Waals surface area contributed by atoms with Crippen molar-refractivity contribution < 1.29 is 4.79 Å². The van der Waals surface area contributed by atoms with Crippen LogP contribution in [0.4, 0.5) is 0 Å². The maximum atomic E-state index is 11.2. The van der Waals surface area contributed by atoms with Gasteiger partial charge in [-0.1, -0.05) is 24.3 Å². The van der Waals surface area contributed by atoms with Gasteiger partial charge in [0.1, 0.15) is 0 Å². The highest BCUT2D eigenvalue weighted by atomic mass is 32.1. The molecule has 0 aliphatic rings. The van der Waals surface area contributed by atoms with Gasteiger partial charge in [-0.25, -0.2) is 4.98 Å². The van der Waals surface area contributed by atoms with E-state index in [1.165, 1.54) is 0 Å². The Morgan fingerprint density at radius 1 is 1.22 bits per heavy atom. The Kier molecular flexibility index (Phi) is 2.68. The second-order valence-corrected chi connectivity index (χ2v) is 5.12. The van der Waals surface area contributed by atoms with Gasteiger partial charge in [-0.15, -0.1) is 11.3 Å². The number of carbonyl (C=O) groups is 1. The van der Waals surface area contributed by atoms with Crippen LogP contribution in [0.3, 0.4) is 0 Å². The number of thiophene rings is 1. The van der Waals surface area contributed by atoms with Crippen LogP contribution in [-0.2, 0) is 0 Å². The molecule has 0 fully saturated rings. The second-order valence-electron chi connectivity index (χ2n) is 4.17. The molecule has 2 heterocycles. The smallest absolute Gasteiger partial charge is 0.152 e. The number of hydrogen-bond donors (Lipinski definition) is 0. The lowest BCUT2D eigenvalue weighted by molar-refractivity contribution is 0.112. The summed E-state index contributed by atoms with van der Waals surface area (Å²) in [4.78, 5) is 16.9. The lowest BCUT2D eigenvalue weighted by Crippen LogP contribution is -1.93. The molecule has 0 aliphatic heterocycles. The molecule has 0 radical (unpaired) electrons. The Morgan fingerprint density at radius 3 is 2.83 bits per heavy atom. The van der Waals surface area contributed by atoms with Crippen molar-refractivity contribution in [3.05, 3.63) is 52.9 Å². The van der Waals surface area contributed by atoms with E-state index < -0.39 is 0 Å². The third kappa shape index (κ3) is 1.73. The Balaban J connectivity index is 2.37. The number of pyridine rings is 1. The number of aromatic nitrogens is 1. The second kappa shape index (κ2) is 4.35. The third-order valence-electron chi connectivity index (χ3n) is 2.96. The van der Waals surface area contributed by atoms with E-state index in [0.717, 1.165) is 33.3 Å². The lowest BCUT2D eigenvalue weighted by Gasteiger charge is -2.06. The number of benzene rings is 1. The first-order valence-corrected chi connectivity index (χ1v) is 6.57. The summed E-state index contributed by atoms with van der Waals surface area (Å²) in [6.07, 6.45) is 0.879. The van der Waals surface area contributed by atoms with Crippen LogP contribution in [-0.4, -0.2) is 11.3 Å². The van der Waals surface area contributed by atoms with Crippen LogP contribution in [0.15, 0.2) is 41.8 Å². The molecule has 3 heteroatoms. The summed E-state index contributed by atoms with van der Waals surface area (Å²) in [7, 11) is 0. The van der Waals surface area contributed by atoms with Crippen LogP contribution in [0.1, 0.15) is 15.9 Å². The molecule has 0 aliphatic carbocycles. The highest BCUT2D eigenvalue weighted by Gasteiger charge is 2.10. The fourth-order valence-electron chi connectivity index (χ4n) is 2.06. The molecule has 0 N–H and O–H groups in total. The van der Waals surface area contributed by atoms with Crippen LogP contribution in [0.5, 0.6) is 0 Å². The summed E-state index contributed by atoms with van der Waals surface area (Å²) < 4.78 is 0. The van der Waals surface area contributed by atoms with Gasteiger partial charge < -0.3 is 0 Å². The Hall–Kier alpha value is -2.00. The van der Waals surface area contributed by atoms with Crippen molar-refractivity contribution in [2.24, 2.45) is 0 Å². The van der Waals surface area contributed by atoms with Crippen molar-refractivity contribution in [3.63, 3.8) is 0 Å². The number of aldehydes is 1. The average Bonchev–Trinajstić information content (AvgIpc) is 2.91. The SMILES string of the molecule is Cc1cccc2cc(C=O)c(-c3cccs3)nc12. The van der Waals surface area contributed by atoms with E-state index in [9.17, 15) is 4.79 Å². The van der Waals surface area contributed by atoms with Gasteiger partial charge in [-0.05, 0) is 30.0 Å². The first-order chi connectivity index (χ1) is 8.79. The molecule has 2 aromatic heterocycles. The highest BCUT2D eigenvalue weighted by Crippen LogP contribution is 2.29. The lowest BCUT2D eigenvalue weighted by atomic mass is 10.1. The number of hydrogen-bond acceptors (Lipinski definition) is 3. The highest BCUT2D eigenvalue weighted by molar-refractivity contribution is 7.13. The molecule has 88 valence electrons. The van der Waals surface area contributed by atoms with Crippen LogP contribution in [0, 0.1) is 6.92 Å². The first-order valence-electron chi connectivity index (χ1n) is 5.69. The summed E-state index contributed by atoms with van der Waals surface area (Å²) in [5, 5.41) is 3.01. The molecular formula is C15H11NOS. The van der Waals surface area contributed by atoms with Crippen molar-refractivity contribution in [1.29, 1.82) is 0 Å². The molecule has 2 nitrogen and oxygen atoms in total. The number of para-hydroxylation sites is 1. The van der Waals surface area contributed by atoms with Gasteiger partial charge in [0.25, 0.3) is 0 Å². The van der Waals surface area contributed by atoms with E-state index in [1.807, 2.05) is 48.7 Å². The van der Waals surface area contributed by atoms with E-state index in [4.69, 9.17) is 0 Å². The summed E-state index contributed by atoms with van der Waals surface area (Å²) in [5.41, 5.74) is 3.52. The fourth-order valence-corrected chi connectivity index (χ4v) is 2.80. The molecule has 18 heavy (non-hydrogen) atoms. The zero-order valence-corrected chi connectivity index (χ0v) is 10.7. The normalized spacial score (nSPS) is 10.7. The maximum Gasteiger partial charge on any atom is 0.152 e. The molecule has 0 unspecified atom stereocenters. The van der Waals surface area contributed by atoms with Crippen molar-refractivity contribution in [3.8, 4) is 10.6 Å². The van der Waals surface area contributed by atoms with Crippen molar-refractivity contribution in [2.45, 2.75) is 6.92 Å². The number of nitrogens with zero attached hydrogens (tertiary/aromatic N) is 1. The van der Waals surface area contributed by atoms with E-state index in [1.54, 1.807) is 11.3 Å². The molecule has 0 spiro atoms. The Morgan fingerprint density at radius 2 is 2.11 bits per heavy atom. The van der Waals surface area contributed by atoms with E-state index in [-0.39, 0.29) is 0 Å². The summed E-state index contributed by atoms with van der Waals surface area (Å²) in [6, 6.07) is 11.9.